The van der Waals surface area contributed by atoms with Crippen molar-refractivity contribution in [1.82, 2.24) is 35.5 Å². The quantitative estimate of drug-likeness (QED) is 0.113. The molecule has 8 rings (SSSR count). The lowest BCUT2D eigenvalue weighted by molar-refractivity contribution is -0.135. The molecule has 5 atom stereocenters. The van der Waals surface area contributed by atoms with Gasteiger partial charge in [0.05, 0.1) is 60.5 Å². The summed E-state index contributed by atoms with van der Waals surface area (Å²) in [6.45, 7) is 16.1. The van der Waals surface area contributed by atoms with Crippen LogP contribution in [0.1, 0.15) is 139 Å². The largest absolute Gasteiger partial charge is 0.453 e. The first kappa shape index (κ1) is 44.7. The van der Waals surface area contributed by atoms with Gasteiger partial charge in [-0.25, -0.2) is 4.79 Å². The van der Waals surface area contributed by atoms with Crippen molar-refractivity contribution in [3.63, 3.8) is 0 Å². The highest BCUT2D eigenvalue weighted by atomic mass is 16.5. The summed E-state index contributed by atoms with van der Waals surface area (Å²) >= 11 is 0. The average Bonchev–Trinajstić information content (AvgIpc) is 4.14. The van der Waals surface area contributed by atoms with Gasteiger partial charge in [0, 0.05) is 29.9 Å². The Morgan fingerprint density at radius 1 is 0.703 bits per heavy atom. The molecule has 64 heavy (non-hydrogen) atoms. The number of benzene rings is 3. The molecule has 3 fully saturated rings. The van der Waals surface area contributed by atoms with Crippen LogP contribution in [0.3, 0.4) is 0 Å². The molecular formula is C52H65N8O4. The van der Waals surface area contributed by atoms with Crippen LogP contribution in [-0.2, 0) is 19.7 Å². The maximum atomic E-state index is 13.7. The first-order valence-electron chi connectivity index (χ1n) is 23.2. The van der Waals surface area contributed by atoms with Crippen LogP contribution in [0.5, 0.6) is 0 Å². The van der Waals surface area contributed by atoms with Crippen molar-refractivity contribution in [3.8, 4) is 22.5 Å². The van der Waals surface area contributed by atoms with Gasteiger partial charge in [0.2, 0.25) is 11.8 Å². The number of aromatic amines is 2. The molecule has 3 saturated heterocycles. The van der Waals surface area contributed by atoms with Gasteiger partial charge >= 0.3 is 6.09 Å². The number of alkyl carbamates (subject to hydrolysis) is 1. The Hall–Kier alpha value is -5.91. The van der Waals surface area contributed by atoms with E-state index in [1.54, 1.807) is 0 Å². The van der Waals surface area contributed by atoms with E-state index in [0.29, 0.717) is 6.54 Å². The fourth-order valence-corrected chi connectivity index (χ4v) is 9.99. The number of methoxy groups -OCH3 is 1. The lowest BCUT2D eigenvalue weighted by atomic mass is 9.87. The van der Waals surface area contributed by atoms with Gasteiger partial charge < -0.3 is 24.8 Å². The van der Waals surface area contributed by atoms with Crippen molar-refractivity contribution in [2.75, 3.05) is 25.1 Å². The van der Waals surface area contributed by atoms with Crippen LogP contribution >= 0.6 is 0 Å². The summed E-state index contributed by atoms with van der Waals surface area (Å²) in [6, 6.07) is 30.5. The number of carbonyl (C=O) groups excluding carboxylic acids is 3. The summed E-state index contributed by atoms with van der Waals surface area (Å²) in [7, 11) is 1.31. The van der Waals surface area contributed by atoms with Gasteiger partial charge in [-0.15, -0.1) is 0 Å². The summed E-state index contributed by atoms with van der Waals surface area (Å²) in [5, 5.41) is 18.7. The summed E-state index contributed by atoms with van der Waals surface area (Å²) in [5.74, 6) is 0.103. The molecule has 0 bridgehead atoms. The van der Waals surface area contributed by atoms with E-state index < -0.39 is 12.1 Å². The minimum Gasteiger partial charge on any atom is -0.453 e. The van der Waals surface area contributed by atoms with Crippen molar-refractivity contribution in [2.45, 2.75) is 123 Å². The van der Waals surface area contributed by atoms with Crippen molar-refractivity contribution >= 4 is 23.6 Å². The van der Waals surface area contributed by atoms with Crippen LogP contribution in [-0.4, -0.2) is 74.3 Å². The number of nitrogens with zero attached hydrogens (tertiary/aromatic N) is 5. The molecule has 0 spiro atoms. The zero-order valence-electron chi connectivity index (χ0n) is 38.7. The van der Waals surface area contributed by atoms with E-state index in [1.165, 1.54) is 29.5 Å². The number of hydrogen-bond acceptors (Lipinski definition) is 7. The average molecular weight is 866 g/mol. The molecule has 1 radical (unpaired) electrons. The number of aromatic nitrogens is 4. The zero-order chi connectivity index (χ0) is 45.3. The number of rotatable bonds is 12. The zero-order valence-corrected chi connectivity index (χ0v) is 38.7. The lowest BCUT2D eigenvalue weighted by Crippen LogP contribution is -2.51. The number of nitrogens with one attached hydrogen (secondary N) is 3. The molecular weight excluding hydrogens is 801 g/mol. The second-order valence-electron chi connectivity index (χ2n) is 19.6. The third-order valence-corrected chi connectivity index (χ3v) is 13.5. The van der Waals surface area contributed by atoms with Gasteiger partial charge in [-0.3, -0.25) is 19.8 Å². The summed E-state index contributed by atoms with van der Waals surface area (Å²) in [5.41, 5.74) is 10.7. The second kappa shape index (κ2) is 18.7. The highest BCUT2D eigenvalue weighted by Crippen LogP contribution is 2.48. The molecule has 5 heterocycles. The molecule has 3 aliphatic rings. The van der Waals surface area contributed by atoms with Gasteiger partial charge in [-0.1, -0.05) is 109 Å². The van der Waals surface area contributed by atoms with E-state index in [4.69, 9.17) is 14.9 Å². The Labute approximate surface area is 378 Å². The van der Waals surface area contributed by atoms with Gasteiger partial charge in [0.1, 0.15) is 6.04 Å². The Kier molecular flexibility index (Phi) is 13.0. The van der Waals surface area contributed by atoms with Crippen LogP contribution < -0.4 is 10.2 Å². The summed E-state index contributed by atoms with van der Waals surface area (Å²) in [6.07, 6.45) is 6.82. The Bertz CT molecular complexity index is 2390. The van der Waals surface area contributed by atoms with Crippen molar-refractivity contribution in [1.29, 1.82) is 0 Å². The number of hydrogen-bond donors (Lipinski definition) is 3. The van der Waals surface area contributed by atoms with Crippen LogP contribution in [0.25, 0.3) is 22.5 Å². The predicted molar refractivity (Wildman–Crippen MR) is 251 cm³/mol. The number of likely N-dealkylation sites (tertiary alicyclic amines) is 2. The molecule has 0 unspecified atom stereocenters. The van der Waals surface area contributed by atoms with E-state index >= 15 is 0 Å². The van der Waals surface area contributed by atoms with E-state index in [-0.39, 0.29) is 53.2 Å². The molecule has 5 aromatic rings. The third kappa shape index (κ3) is 9.33. The van der Waals surface area contributed by atoms with Crippen LogP contribution in [0.4, 0.5) is 10.5 Å². The molecule has 3 aromatic carbocycles. The van der Waals surface area contributed by atoms with E-state index in [2.05, 4.69) is 126 Å². The first-order valence-corrected chi connectivity index (χ1v) is 23.2. The predicted octanol–water partition coefficient (Wildman–Crippen LogP) is 10.4. The monoisotopic (exact) mass is 866 g/mol. The van der Waals surface area contributed by atoms with Gasteiger partial charge in [-0.05, 0) is 96.7 Å². The van der Waals surface area contributed by atoms with Crippen molar-refractivity contribution < 1.29 is 19.1 Å². The number of ether oxygens (including phenoxy) is 1. The molecule has 0 aliphatic carbocycles. The molecule has 3 N–H and O–H groups in total. The molecule has 3 aliphatic heterocycles. The Morgan fingerprint density at radius 2 is 1.20 bits per heavy atom. The minimum absolute atomic E-state index is 0.0181. The molecule has 3 amide bonds. The molecule has 2 aromatic heterocycles. The fourth-order valence-electron chi connectivity index (χ4n) is 9.99. The summed E-state index contributed by atoms with van der Waals surface area (Å²) in [4.78, 5) is 45.2. The van der Waals surface area contributed by atoms with Crippen molar-refractivity contribution in [3.05, 3.63) is 119 Å². The molecule has 12 nitrogen and oxygen atoms in total. The Balaban J connectivity index is 1.01. The van der Waals surface area contributed by atoms with Crippen molar-refractivity contribution in [2.24, 2.45) is 11.8 Å². The molecule has 12 heteroatoms. The Morgan fingerprint density at radius 3 is 1.67 bits per heavy atom. The fraction of sp³-hybridized carbons (Fsp3) is 0.462. The number of amides is 3. The van der Waals surface area contributed by atoms with E-state index in [1.807, 2.05) is 43.9 Å². The maximum absolute atomic E-state index is 13.7. The van der Waals surface area contributed by atoms with Crippen LogP contribution in [0.2, 0.25) is 0 Å². The van der Waals surface area contributed by atoms with Gasteiger partial charge in [0.15, 0.2) is 0 Å². The molecule has 337 valence electrons. The summed E-state index contributed by atoms with van der Waals surface area (Å²) < 4.78 is 4.81. The highest BCUT2D eigenvalue weighted by Gasteiger charge is 2.38. The normalized spacial score (nSPS) is 20.7. The number of H-pyrrole nitrogens is 2. The van der Waals surface area contributed by atoms with Gasteiger partial charge in [-0.2, -0.15) is 10.2 Å². The number of carbonyl (C=O) groups is 3. The standard InChI is InChI=1S/C52H65N8O4/c1-32(2)29-48(61)58-27-9-11-46(58)42-30-40(54-56-42)34-13-17-36(18-14-34)44-25-26-45(60(44)39-23-21-38(22-24-39)52(5,6)7)37-19-15-35(16-20-37)41-31-43(57-55-41)47-12-10-28-59(47)50(62)49(33(3)4)53-51(63)64-8/h13-24,29-33,44-47,49H,9-12,25-28H2,1-8H3,(H,53,63)(H,54,56)(H,55,57)/t44-,45-,46-,47-,49-/m0/s1. The minimum atomic E-state index is -0.676. The SMILES string of the molecule is COC(=O)N[C@H](C(=O)N1CCC[C@H]1c1cc(-c2ccc([C@@H]3CC[C@@H](c4ccc(-c5cc([C@@H]6CCCN6C(=O)[CH]C(C)C)[nH]n5)cc4)N3c3ccc(C(C)(C)C)cc3)cc2)n[nH]1)C(C)C. The maximum Gasteiger partial charge on any atom is 0.407 e. The highest BCUT2D eigenvalue weighted by molar-refractivity contribution is 5.87. The van der Waals surface area contributed by atoms with Crippen LogP contribution in [0.15, 0.2) is 84.9 Å². The van der Waals surface area contributed by atoms with E-state index in [9.17, 15) is 14.4 Å². The van der Waals surface area contributed by atoms with Crippen LogP contribution in [0, 0.1) is 18.3 Å². The lowest BCUT2D eigenvalue weighted by Gasteiger charge is -2.34. The second-order valence-corrected chi connectivity index (χ2v) is 19.6. The smallest absolute Gasteiger partial charge is 0.407 e. The molecule has 0 saturated carbocycles. The number of anilines is 1. The topological polar surface area (TPSA) is 140 Å². The van der Waals surface area contributed by atoms with E-state index in [0.717, 1.165) is 79.0 Å². The first-order chi connectivity index (χ1) is 30.7. The van der Waals surface area contributed by atoms with Gasteiger partial charge in [0.25, 0.3) is 0 Å². The third-order valence-electron chi connectivity index (χ3n) is 13.5.